The number of fused-ring (bicyclic) bond motifs is 1. The number of piperazine rings is 1. The van der Waals surface area contributed by atoms with Crippen molar-refractivity contribution in [2.24, 2.45) is 0 Å². The van der Waals surface area contributed by atoms with Gasteiger partial charge in [0.05, 0.1) is 0 Å². The summed E-state index contributed by atoms with van der Waals surface area (Å²) < 4.78 is 0. The van der Waals surface area contributed by atoms with Gasteiger partial charge in [-0.15, -0.1) is 0 Å². The van der Waals surface area contributed by atoms with E-state index in [0.29, 0.717) is 12.1 Å². The van der Waals surface area contributed by atoms with Gasteiger partial charge >= 0.3 is 0 Å². The van der Waals surface area contributed by atoms with Crippen LogP contribution in [0, 0.1) is 0 Å². The van der Waals surface area contributed by atoms with Gasteiger partial charge in [-0.1, -0.05) is 0 Å². The van der Waals surface area contributed by atoms with E-state index in [4.69, 9.17) is 0 Å². The normalized spacial score (nSPS) is 32.6. The lowest BCUT2D eigenvalue weighted by molar-refractivity contribution is 0.0327. The van der Waals surface area contributed by atoms with Crippen LogP contribution >= 0.6 is 11.3 Å². The standard InChI is InChI=1S/C14H22N2S/c1-11-8-15-6-3-4-14(15)9-16(11)12(2)13-5-7-17-10-13/h5,7,10-12,14H,3-4,6,8-9H2,1-2H3. The largest absolute Gasteiger partial charge is 0.298 e. The Morgan fingerprint density at radius 3 is 3.06 bits per heavy atom. The lowest BCUT2D eigenvalue weighted by Crippen LogP contribution is -2.55. The molecule has 3 atom stereocenters. The molecule has 0 spiro atoms. The van der Waals surface area contributed by atoms with E-state index in [0.717, 1.165) is 6.04 Å². The summed E-state index contributed by atoms with van der Waals surface area (Å²) in [4.78, 5) is 5.40. The molecule has 3 rings (SSSR count). The Labute approximate surface area is 108 Å². The first kappa shape index (κ1) is 11.7. The molecular formula is C14H22N2S. The van der Waals surface area contributed by atoms with Gasteiger partial charge in [-0.05, 0) is 55.6 Å². The van der Waals surface area contributed by atoms with Crippen molar-refractivity contribution < 1.29 is 0 Å². The zero-order valence-corrected chi connectivity index (χ0v) is 11.6. The third-order valence-corrected chi connectivity index (χ3v) is 5.21. The fourth-order valence-corrected chi connectivity index (χ4v) is 4.20. The van der Waals surface area contributed by atoms with E-state index in [9.17, 15) is 0 Å². The fourth-order valence-electron chi connectivity index (χ4n) is 3.45. The molecule has 2 saturated heterocycles. The van der Waals surface area contributed by atoms with Gasteiger partial charge in [-0.2, -0.15) is 11.3 Å². The van der Waals surface area contributed by atoms with Gasteiger partial charge in [0, 0.05) is 31.2 Å². The van der Waals surface area contributed by atoms with Crippen molar-refractivity contribution in [3.05, 3.63) is 22.4 Å². The van der Waals surface area contributed by atoms with E-state index in [1.807, 2.05) is 11.3 Å². The molecule has 0 aromatic carbocycles. The summed E-state index contributed by atoms with van der Waals surface area (Å²) in [5.74, 6) is 0. The van der Waals surface area contributed by atoms with Crippen LogP contribution in [0.4, 0.5) is 0 Å². The zero-order chi connectivity index (χ0) is 11.8. The maximum absolute atomic E-state index is 2.70. The molecule has 3 heterocycles. The van der Waals surface area contributed by atoms with Crippen LogP contribution in [-0.4, -0.2) is 41.5 Å². The van der Waals surface area contributed by atoms with Crippen LogP contribution in [-0.2, 0) is 0 Å². The van der Waals surface area contributed by atoms with E-state index in [1.165, 1.54) is 38.0 Å². The Balaban J connectivity index is 1.74. The van der Waals surface area contributed by atoms with E-state index in [-0.39, 0.29) is 0 Å². The minimum atomic E-state index is 0.582. The Morgan fingerprint density at radius 1 is 1.41 bits per heavy atom. The van der Waals surface area contributed by atoms with Crippen LogP contribution < -0.4 is 0 Å². The second-order valence-corrected chi connectivity index (χ2v) is 6.35. The Hall–Kier alpha value is -0.380. The molecule has 0 amide bonds. The van der Waals surface area contributed by atoms with Crippen molar-refractivity contribution in [2.75, 3.05) is 19.6 Å². The minimum absolute atomic E-state index is 0.582. The monoisotopic (exact) mass is 250 g/mol. The summed E-state index contributed by atoms with van der Waals surface area (Å²) >= 11 is 1.82. The highest BCUT2D eigenvalue weighted by molar-refractivity contribution is 7.07. The third-order valence-electron chi connectivity index (χ3n) is 4.51. The SMILES string of the molecule is CC1CN2CCCC2CN1C(C)c1ccsc1. The maximum atomic E-state index is 2.70. The lowest BCUT2D eigenvalue weighted by Gasteiger charge is -2.45. The van der Waals surface area contributed by atoms with Crippen molar-refractivity contribution in [3.8, 4) is 0 Å². The van der Waals surface area contributed by atoms with Crippen LogP contribution in [0.15, 0.2) is 16.8 Å². The predicted molar refractivity (Wildman–Crippen MR) is 73.5 cm³/mol. The van der Waals surface area contributed by atoms with E-state index in [2.05, 4.69) is 40.5 Å². The van der Waals surface area contributed by atoms with Crippen LogP contribution in [0.25, 0.3) is 0 Å². The number of nitrogens with zero attached hydrogens (tertiary/aromatic N) is 2. The second kappa shape index (κ2) is 4.71. The second-order valence-electron chi connectivity index (χ2n) is 5.57. The summed E-state index contributed by atoms with van der Waals surface area (Å²) in [7, 11) is 0. The minimum Gasteiger partial charge on any atom is -0.298 e. The van der Waals surface area contributed by atoms with Gasteiger partial charge in [0.15, 0.2) is 0 Å². The van der Waals surface area contributed by atoms with Crippen LogP contribution in [0.3, 0.4) is 0 Å². The highest BCUT2D eigenvalue weighted by Crippen LogP contribution is 2.31. The molecule has 0 N–H and O–H groups in total. The van der Waals surface area contributed by atoms with Gasteiger partial charge < -0.3 is 0 Å². The van der Waals surface area contributed by atoms with Gasteiger partial charge in [0.2, 0.25) is 0 Å². The number of hydrogen-bond donors (Lipinski definition) is 0. The average Bonchev–Trinajstić information content (AvgIpc) is 2.97. The van der Waals surface area contributed by atoms with Crippen molar-refractivity contribution in [2.45, 2.75) is 44.8 Å². The molecule has 2 nitrogen and oxygen atoms in total. The summed E-state index contributed by atoms with van der Waals surface area (Å²) in [5, 5.41) is 4.50. The molecular weight excluding hydrogens is 228 g/mol. The molecule has 0 aliphatic carbocycles. The fraction of sp³-hybridized carbons (Fsp3) is 0.714. The van der Waals surface area contributed by atoms with Crippen molar-refractivity contribution >= 4 is 11.3 Å². The molecule has 1 aromatic heterocycles. The predicted octanol–water partition coefficient (Wildman–Crippen LogP) is 2.98. The molecule has 94 valence electrons. The topological polar surface area (TPSA) is 6.48 Å². The number of thiophene rings is 1. The summed E-state index contributed by atoms with van der Waals surface area (Å²) in [6.45, 7) is 8.60. The van der Waals surface area contributed by atoms with Crippen LogP contribution in [0.5, 0.6) is 0 Å². The smallest absolute Gasteiger partial charge is 0.0332 e. The number of hydrogen-bond acceptors (Lipinski definition) is 3. The van der Waals surface area contributed by atoms with Gasteiger partial charge in [-0.25, -0.2) is 0 Å². The van der Waals surface area contributed by atoms with Gasteiger partial charge in [0.1, 0.15) is 0 Å². The number of rotatable bonds is 2. The van der Waals surface area contributed by atoms with Crippen molar-refractivity contribution in [1.29, 1.82) is 0 Å². The molecule has 0 saturated carbocycles. The molecule has 17 heavy (non-hydrogen) atoms. The van der Waals surface area contributed by atoms with Crippen molar-refractivity contribution in [3.63, 3.8) is 0 Å². The van der Waals surface area contributed by atoms with Gasteiger partial charge in [0.25, 0.3) is 0 Å². The molecule has 2 fully saturated rings. The van der Waals surface area contributed by atoms with Gasteiger partial charge in [-0.3, -0.25) is 9.80 Å². The highest BCUT2D eigenvalue weighted by Gasteiger charge is 2.36. The highest BCUT2D eigenvalue weighted by atomic mass is 32.1. The van der Waals surface area contributed by atoms with Crippen molar-refractivity contribution in [1.82, 2.24) is 9.80 Å². The molecule has 3 heteroatoms. The van der Waals surface area contributed by atoms with Crippen LogP contribution in [0.1, 0.15) is 38.3 Å². The zero-order valence-electron chi connectivity index (χ0n) is 10.8. The molecule has 0 radical (unpaired) electrons. The first-order valence-electron chi connectivity index (χ1n) is 6.77. The molecule has 3 unspecified atom stereocenters. The maximum Gasteiger partial charge on any atom is 0.0332 e. The van der Waals surface area contributed by atoms with Crippen LogP contribution in [0.2, 0.25) is 0 Å². The van der Waals surface area contributed by atoms with E-state index in [1.54, 1.807) is 0 Å². The van der Waals surface area contributed by atoms with E-state index >= 15 is 0 Å². The Kier molecular flexibility index (Phi) is 3.24. The first-order chi connectivity index (χ1) is 8.25. The van der Waals surface area contributed by atoms with E-state index < -0.39 is 0 Å². The average molecular weight is 250 g/mol. The molecule has 1 aromatic rings. The first-order valence-corrected chi connectivity index (χ1v) is 7.72. The molecule has 0 bridgehead atoms. The summed E-state index contributed by atoms with van der Waals surface area (Å²) in [6, 6.07) is 4.38. The summed E-state index contributed by atoms with van der Waals surface area (Å²) in [6.07, 6.45) is 2.80. The lowest BCUT2D eigenvalue weighted by atomic mass is 10.0. The Morgan fingerprint density at radius 2 is 2.29 bits per heavy atom. The Bertz CT molecular complexity index is 362. The quantitative estimate of drug-likeness (QED) is 0.796. The summed E-state index contributed by atoms with van der Waals surface area (Å²) in [5.41, 5.74) is 1.49. The molecule has 2 aliphatic heterocycles. The third kappa shape index (κ3) is 2.16. The molecule has 2 aliphatic rings.